The average molecular weight is 643 g/mol. The van der Waals surface area contributed by atoms with Crippen LogP contribution in [0.2, 0.25) is 0 Å². The average Bonchev–Trinajstić information content (AvgIpc) is 3.01. The first kappa shape index (κ1) is 42.7. The largest absolute Gasteiger partial charge is 0.472 e. The molecule has 258 valence electrons. The molecule has 0 heterocycles. The number of aliphatic hydroxyl groups excluding tert-OH is 1. The molecule has 0 saturated heterocycles. The summed E-state index contributed by atoms with van der Waals surface area (Å²) in [5.41, 5.74) is 5.34. The molecule has 0 aliphatic heterocycles. The normalized spacial score (nSPS) is 14.9. The standard InChI is InChI=1S/C35H67N2O6P/c1-3-5-7-9-11-13-15-16-17-19-21-23-25-27-29-35(39)37-33(32-43-44(40,41)42-31-30-36)34(38)28-26-24-22-20-18-14-12-10-8-6-4-2/h15-16,18,20,26,28,33-34,38H,3-14,17,19,21-25,27,29-32,36H2,1-2H3,(H,37,39)(H,40,41)/b16-15-,20-18+,28-26+. The van der Waals surface area contributed by atoms with Crippen LogP contribution in [0.1, 0.15) is 149 Å². The van der Waals surface area contributed by atoms with E-state index < -0.39 is 20.0 Å². The number of phosphoric acid groups is 1. The van der Waals surface area contributed by atoms with Gasteiger partial charge in [-0.3, -0.25) is 13.8 Å². The van der Waals surface area contributed by atoms with Crippen LogP contribution in [-0.2, 0) is 18.4 Å². The SMILES string of the molecule is CCCCCCC/C=C\CCCCCCCC(=O)NC(COP(=O)(O)OCCN)C(O)/C=C/CC/C=C/CCCCCCC. The Balaban J connectivity index is 4.42. The maximum Gasteiger partial charge on any atom is 0.472 e. The Labute approximate surface area is 269 Å². The van der Waals surface area contributed by atoms with Crippen LogP contribution in [0.3, 0.4) is 0 Å². The summed E-state index contributed by atoms with van der Waals surface area (Å²) in [6, 6.07) is -0.877. The first-order valence-corrected chi connectivity index (χ1v) is 19.1. The Morgan fingerprint density at radius 3 is 1.75 bits per heavy atom. The molecule has 0 aliphatic carbocycles. The lowest BCUT2D eigenvalue weighted by Crippen LogP contribution is -2.45. The third kappa shape index (κ3) is 29.4. The summed E-state index contributed by atoms with van der Waals surface area (Å²) in [7, 11) is -4.34. The maximum absolute atomic E-state index is 12.6. The lowest BCUT2D eigenvalue weighted by atomic mass is 10.1. The van der Waals surface area contributed by atoms with Gasteiger partial charge in [0.25, 0.3) is 0 Å². The van der Waals surface area contributed by atoms with Crippen molar-refractivity contribution >= 4 is 13.7 Å². The summed E-state index contributed by atoms with van der Waals surface area (Å²) < 4.78 is 21.9. The predicted molar refractivity (Wildman–Crippen MR) is 184 cm³/mol. The van der Waals surface area contributed by atoms with Crippen molar-refractivity contribution in [1.29, 1.82) is 0 Å². The fraction of sp³-hybridized carbons (Fsp3) is 0.800. The number of hydrogen-bond acceptors (Lipinski definition) is 6. The summed E-state index contributed by atoms with van der Waals surface area (Å²) in [4.78, 5) is 22.5. The fourth-order valence-corrected chi connectivity index (χ4v) is 5.49. The molecule has 8 nitrogen and oxygen atoms in total. The van der Waals surface area contributed by atoms with Crippen molar-refractivity contribution in [3.8, 4) is 0 Å². The zero-order chi connectivity index (χ0) is 32.6. The molecule has 0 rings (SSSR count). The number of allylic oxidation sites excluding steroid dienone is 5. The number of carbonyl (C=O) groups excluding carboxylic acids is 1. The van der Waals surface area contributed by atoms with Crippen molar-refractivity contribution in [3.63, 3.8) is 0 Å². The molecule has 3 atom stereocenters. The van der Waals surface area contributed by atoms with E-state index in [0.717, 1.165) is 51.4 Å². The number of rotatable bonds is 32. The van der Waals surface area contributed by atoms with Crippen molar-refractivity contribution < 1.29 is 28.4 Å². The minimum Gasteiger partial charge on any atom is -0.387 e. The number of phosphoric ester groups is 1. The monoisotopic (exact) mass is 642 g/mol. The highest BCUT2D eigenvalue weighted by atomic mass is 31.2. The molecular weight excluding hydrogens is 575 g/mol. The number of unbranched alkanes of at least 4 members (excludes halogenated alkanes) is 16. The number of nitrogens with two attached hydrogens (primary N) is 1. The van der Waals surface area contributed by atoms with E-state index in [2.05, 4.69) is 43.5 Å². The Kier molecular flexibility index (Phi) is 30.8. The van der Waals surface area contributed by atoms with Crippen LogP contribution in [-0.4, -0.2) is 47.8 Å². The second-order valence-electron chi connectivity index (χ2n) is 11.7. The van der Waals surface area contributed by atoms with Gasteiger partial charge >= 0.3 is 7.82 Å². The highest BCUT2D eigenvalue weighted by molar-refractivity contribution is 7.47. The van der Waals surface area contributed by atoms with E-state index in [1.54, 1.807) is 6.08 Å². The summed E-state index contributed by atoms with van der Waals surface area (Å²) in [5, 5.41) is 13.5. The van der Waals surface area contributed by atoms with Gasteiger partial charge in [0.2, 0.25) is 5.91 Å². The van der Waals surface area contributed by atoms with Crippen molar-refractivity contribution in [2.75, 3.05) is 19.8 Å². The second-order valence-corrected chi connectivity index (χ2v) is 13.2. The molecule has 0 spiro atoms. The number of carbonyl (C=O) groups is 1. The Morgan fingerprint density at radius 1 is 0.727 bits per heavy atom. The molecule has 5 N–H and O–H groups in total. The minimum atomic E-state index is -4.34. The smallest absolute Gasteiger partial charge is 0.387 e. The highest BCUT2D eigenvalue weighted by Gasteiger charge is 2.26. The number of aliphatic hydroxyl groups is 1. The first-order valence-electron chi connectivity index (χ1n) is 17.6. The molecule has 0 aromatic heterocycles. The van der Waals surface area contributed by atoms with E-state index >= 15 is 0 Å². The summed E-state index contributed by atoms with van der Waals surface area (Å²) in [5.74, 6) is -0.217. The number of nitrogens with one attached hydrogen (secondary N) is 1. The molecule has 0 saturated carbocycles. The van der Waals surface area contributed by atoms with Crippen molar-refractivity contribution in [2.45, 2.75) is 161 Å². The van der Waals surface area contributed by atoms with Gasteiger partial charge < -0.3 is 21.1 Å². The van der Waals surface area contributed by atoms with E-state index in [1.807, 2.05) is 6.08 Å². The van der Waals surface area contributed by atoms with Crippen LogP contribution < -0.4 is 11.1 Å². The predicted octanol–water partition coefficient (Wildman–Crippen LogP) is 8.82. The van der Waals surface area contributed by atoms with Crippen molar-refractivity contribution in [2.24, 2.45) is 5.73 Å². The first-order chi connectivity index (χ1) is 21.4. The summed E-state index contributed by atoms with van der Waals surface area (Å²) in [6.07, 6.45) is 34.7. The Morgan fingerprint density at radius 2 is 1.20 bits per heavy atom. The molecule has 0 aromatic rings. The van der Waals surface area contributed by atoms with Crippen molar-refractivity contribution in [3.05, 3.63) is 36.5 Å². The van der Waals surface area contributed by atoms with Gasteiger partial charge in [0.15, 0.2) is 0 Å². The van der Waals surface area contributed by atoms with Gasteiger partial charge in [0.05, 0.1) is 25.4 Å². The summed E-state index contributed by atoms with van der Waals surface area (Å²) >= 11 is 0. The zero-order valence-electron chi connectivity index (χ0n) is 28.1. The molecule has 0 fully saturated rings. The quantitative estimate of drug-likeness (QED) is 0.0328. The number of amides is 1. The molecule has 44 heavy (non-hydrogen) atoms. The van der Waals surface area contributed by atoms with Crippen LogP contribution in [0.5, 0.6) is 0 Å². The van der Waals surface area contributed by atoms with Gasteiger partial charge in [-0.25, -0.2) is 4.57 Å². The molecule has 1 amide bonds. The van der Waals surface area contributed by atoms with E-state index in [-0.39, 0.29) is 25.7 Å². The molecule has 0 bridgehead atoms. The van der Waals surface area contributed by atoms with E-state index in [9.17, 15) is 19.4 Å². The molecule has 3 unspecified atom stereocenters. The maximum atomic E-state index is 12.6. The van der Waals surface area contributed by atoms with Crippen LogP contribution in [0.25, 0.3) is 0 Å². The third-order valence-electron chi connectivity index (χ3n) is 7.44. The molecule has 0 aromatic carbocycles. The minimum absolute atomic E-state index is 0.0721. The van der Waals surface area contributed by atoms with Crippen LogP contribution in [0.15, 0.2) is 36.5 Å². The van der Waals surface area contributed by atoms with Crippen molar-refractivity contribution in [1.82, 2.24) is 5.32 Å². The summed E-state index contributed by atoms with van der Waals surface area (Å²) in [6.45, 7) is 4.04. The van der Waals surface area contributed by atoms with Gasteiger partial charge in [-0.1, -0.05) is 121 Å². The van der Waals surface area contributed by atoms with Crippen LogP contribution >= 0.6 is 7.82 Å². The van der Waals surface area contributed by atoms with E-state index in [1.165, 1.54) is 77.0 Å². The Hall–Kier alpha value is -1.28. The van der Waals surface area contributed by atoms with Crippen LogP contribution in [0.4, 0.5) is 0 Å². The third-order valence-corrected chi connectivity index (χ3v) is 8.42. The lowest BCUT2D eigenvalue weighted by Gasteiger charge is -2.23. The van der Waals surface area contributed by atoms with Gasteiger partial charge in [-0.2, -0.15) is 0 Å². The van der Waals surface area contributed by atoms with Gasteiger partial charge in [-0.15, -0.1) is 0 Å². The highest BCUT2D eigenvalue weighted by Crippen LogP contribution is 2.43. The van der Waals surface area contributed by atoms with Gasteiger partial charge in [-0.05, 0) is 57.8 Å². The molecule has 0 radical (unpaired) electrons. The zero-order valence-corrected chi connectivity index (χ0v) is 29.0. The molecule has 9 heteroatoms. The molecule has 0 aliphatic rings. The van der Waals surface area contributed by atoms with Crippen LogP contribution in [0, 0.1) is 0 Å². The topological polar surface area (TPSA) is 131 Å². The second kappa shape index (κ2) is 31.7. The lowest BCUT2D eigenvalue weighted by molar-refractivity contribution is -0.123. The molecular formula is C35H67N2O6P. The van der Waals surface area contributed by atoms with Gasteiger partial charge in [0.1, 0.15) is 0 Å². The fourth-order valence-electron chi connectivity index (χ4n) is 4.73. The Bertz CT molecular complexity index is 789. The van der Waals surface area contributed by atoms with Gasteiger partial charge in [0, 0.05) is 13.0 Å². The van der Waals surface area contributed by atoms with E-state index in [4.69, 9.17) is 14.8 Å². The number of hydrogen-bond donors (Lipinski definition) is 4. The van der Waals surface area contributed by atoms with E-state index in [0.29, 0.717) is 6.42 Å².